The SMILES string of the molecule is C[C@H](CO)NS(=O)(=O)c1cc(N)cs1. The number of nitrogens with two attached hydrogens (primary N) is 1. The van der Waals surface area contributed by atoms with Crippen LogP contribution in [0.25, 0.3) is 0 Å². The van der Waals surface area contributed by atoms with Crippen molar-refractivity contribution in [1.29, 1.82) is 0 Å². The third-order valence-electron chi connectivity index (χ3n) is 1.49. The number of aliphatic hydroxyl groups excluding tert-OH is 1. The molecule has 5 nitrogen and oxygen atoms in total. The van der Waals surface area contributed by atoms with Crippen molar-refractivity contribution >= 4 is 27.0 Å². The van der Waals surface area contributed by atoms with Crippen molar-refractivity contribution in [1.82, 2.24) is 4.72 Å². The van der Waals surface area contributed by atoms with Gasteiger partial charge in [0.05, 0.1) is 6.61 Å². The summed E-state index contributed by atoms with van der Waals surface area (Å²) in [6.07, 6.45) is 0. The topological polar surface area (TPSA) is 92.4 Å². The molecule has 1 atom stereocenters. The van der Waals surface area contributed by atoms with E-state index in [9.17, 15) is 8.42 Å². The summed E-state index contributed by atoms with van der Waals surface area (Å²) in [6.45, 7) is 1.34. The van der Waals surface area contributed by atoms with Crippen molar-refractivity contribution in [2.24, 2.45) is 0 Å². The van der Waals surface area contributed by atoms with Crippen LogP contribution in [0.1, 0.15) is 6.92 Å². The molecule has 1 heterocycles. The Hall–Kier alpha value is -0.630. The smallest absolute Gasteiger partial charge is 0.250 e. The third-order valence-corrected chi connectivity index (χ3v) is 4.54. The molecule has 0 spiro atoms. The van der Waals surface area contributed by atoms with Crippen molar-refractivity contribution < 1.29 is 13.5 Å². The molecule has 0 aliphatic carbocycles. The standard InChI is InChI=1S/C7H12N2O3S2/c1-5(3-10)9-14(11,12)7-2-6(8)4-13-7/h2,4-5,9-10H,3,8H2,1H3/t5-/m1/s1. The van der Waals surface area contributed by atoms with Crippen LogP contribution < -0.4 is 10.5 Å². The lowest BCUT2D eigenvalue weighted by Gasteiger charge is -2.09. The molecule has 80 valence electrons. The third kappa shape index (κ3) is 2.68. The summed E-state index contributed by atoms with van der Waals surface area (Å²) in [5.74, 6) is 0. The first kappa shape index (κ1) is 11.4. The van der Waals surface area contributed by atoms with E-state index in [4.69, 9.17) is 10.8 Å². The van der Waals surface area contributed by atoms with E-state index in [0.717, 1.165) is 11.3 Å². The Balaban J connectivity index is 2.86. The number of rotatable bonds is 4. The Bertz CT molecular complexity index is 399. The fourth-order valence-corrected chi connectivity index (χ4v) is 3.16. The molecule has 7 heteroatoms. The van der Waals surface area contributed by atoms with Gasteiger partial charge in [0, 0.05) is 17.1 Å². The summed E-state index contributed by atoms with van der Waals surface area (Å²) in [4.78, 5) is 0. The van der Waals surface area contributed by atoms with E-state index in [-0.39, 0.29) is 10.8 Å². The molecule has 0 fully saturated rings. The number of hydrogen-bond acceptors (Lipinski definition) is 5. The highest BCUT2D eigenvalue weighted by molar-refractivity contribution is 7.91. The highest BCUT2D eigenvalue weighted by Gasteiger charge is 2.18. The van der Waals surface area contributed by atoms with Gasteiger partial charge in [0.1, 0.15) is 4.21 Å². The highest BCUT2D eigenvalue weighted by atomic mass is 32.2. The predicted octanol–water partition coefficient (Wildman–Crippen LogP) is -0.0106. The fraction of sp³-hybridized carbons (Fsp3) is 0.429. The van der Waals surface area contributed by atoms with Crippen molar-refractivity contribution in [3.63, 3.8) is 0 Å². The van der Waals surface area contributed by atoms with Crippen molar-refractivity contribution in [3.05, 3.63) is 11.4 Å². The maximum atomic E-state index is 11.5. The largest absolute Gasteiger partial charge is 0.398 e. The van der Waals surface area contributed by atoms with E-state index in [1.54, 1.807) is 12.3 Å². The molecule has 1 aromatic heterocycles. The second kappa shape index (κ2) is 4.26. The molecule has 14 heavy (non-hydrogen) atoms. The molecule has 0 amide bonds. The van der Waals surface area contributed by atoms with Gasteiger partial charge in [-0.05, 0) is 13.0 Å². The predicted molar refractivity (Wildman–Crippen MR) is 55.6 cm³/mol. The lowest BCUT2D eigenvalue weighted by molar-refractivity contribution is 0.265. The van der Waals surface area contributed by atoms with E-state index < -0.39 is 16.1 Å². The number of hydrogen-bond donors (Lipinski definition) is 3. The number of nitrogen functional groups attached to an aromatic ring is 1. The van der Waals surface area contributed by atoms with Gasteiger partial charge in [0.25, 0.3) is 0 Å². The van der Waals surface area contributed by atoms with Crippen LogP contribution >= 0.6 is 11.3 Å². The average Bonchev–Trinajstić information content (AvgIpc) is 2.51. The summed E-state index contributed by atoms with van der Waals surface area (Å²) in [5, 5.41) is 10.3. The average molecular weight is 236 g/mol. The number of nitrogens with one attached hydrogen (secondary N) is 1. The minimum Gasteiger partial charge on any atom is -0.398 e. The molecule has 0 saturated heterocycles. The lowest BCUT2D eigenvalue weighted by atomic mass is 10.4. The minimum atomic E-state index is -3.52. The zero-order valence-corrected chi connectivity index (χ0v) is 9.23. The first-order valence-corrected chi connectivity index (χ1v) is 6.29. The molecule has 4 N–H and O–H groups in total. The molecule has 0 bridgehead atoms. The van der Waals surface area contributed by atoms with E-state index in [1.807, 2.05) is 0 Å². The van der Waals surface area contributed by atoms with E-state index in [2.05, 4.69) is 4.72 Å². The monoisotopic (exact) mass is 236 g/mol. The van der Waals surface area contributed by atoms with Crippen LogP contribution in [0.15, 0.2) is 15.7 Å². The number of anilines is 1. The van der Waals surface area contributed by atoms with Gasteiger partial charge in [-0.25, -0.2) is 13.1 Å². The number of sulfonamides is 1. The zero-order chi connectivity index (χ0) is 10.8. The zero-order valence-electron chi connectivity index (χ0n) is 7.60. The van der Waals surface area contributed by atoms with Gasteiger partial charge in [0.2, 0.25) is 10.0 Å². The molecule has 0 aliphatic heterocycles. The van der Waals surface area contributed by atoms with Gasteiger partial charge < -0.3 is 10.8 Å². The Morgan fingerprint density at radius 1 is 1.71 bits per heavy atom. The van der Waals surface area contributed by atoms with Gasteiger partial charge >= 0.3 is 0 Å². The maximum absolute atomic E-state index is 11.5. The fourth-order valence-electron chi connectivity index (χ4n) is 0.831. The molecular weight excluding hydrogens is 224 g/mol. The van der Waals surface area contributed by atoms with Crippen LogP contribution in [-0.4, -0.2) is 26.2 Å². The second-order valence-corrected chi connectivity index (χ2v) is 5.76. The Morgan fingerprint density at radius 2 is 2.36 bits per heavy atom. The molecule has 0 radical (unpaired) electrons. The van der Waals surface area contributed by atoms with Crippen molar-refractivity contribution in [3.8, 4) is 0 Å². The van der Waals surface area contributed by atoms with Crippen LogP contribution in [0.4, 0.5) is 5.69 Å². The van der Waals surface area contributed by atoms with Crippen LogP contribution in [0.5, 0.6) is 0 Å². The lowest BCUT2D eigenvalue weighted by Crippen LogP contribution is -2.34. The van der Waals surface area contributed by atoms with Gasteiger partial charge in [0.15, 0.2) is 0 Å². The minimum absolute atomic E-state index is 0.162. The van der Waals surface area contributed by atoms with Crippen LogP contribution in [-0.2, 0) is 10.0 Å². The van der Waals surface area contributed by atoms with Crippen LogP contribution in [0, 0.1) is 0 Å². The summed E-state index contributed by atoms with van der Waals surface area (Å²) in [6, 6.07) is 0.889. The van der Waals surface area contributed by atoms with E-state index >= 15 is 0 Å². The van der Waals surface area contributed by atoms with Gasteiger partial charge in [-0.15, -0.1) is 11.3 Å². The van der Waals surface area contributed by atoms with E-state index in [1.165, 1.54) is 6.07 Å². The molecule has 1 rings (SSSR count). The summed E-state index contributed by atoms with van der Waals surface area (Å²) in [5.41, 5.74) is 5.83. The summed E-state index contributed by atoms with van der Waals surface area (Å²) in [7, 11) is -3.52. The van der Waals surface area contributed by atoms with Gasteiger partial charge in [-0.1, -0.05) is 0 Å². The maximum Gasteiger partial charge on any atom is 0.250 e. The van der Waals surface area contributed by atoms with Crippen LogP contribution in [0.3, 0.4) is 0 Å². The second-order valence-electron chi connectivity index (χ2n) is 2.90. The van der Waals surface area contributed by atoms with E-state index in [0.29, 0.717) is 5.69 Å². The molecule has 0 aromatic carbocycles. The molecule has 0 saturated carbocycles. The Kier molecular flexibility index (Phi) is 3.48. The first-order chi connectivity index (χ1) is 6.45. The quantitative estimate of drug-likeness (QED) is 0.685. The number of thiophene rings is 1. The van der Waals surface area contributed by atoms with Gasteiger partial charge in [-0.3, -0.25) is 0 Å². The van der Waals surface area contributed by atoms with Crippen molar-refractivity contribution in [2.45, 2.75) is 17.2 Å². The normalized spacial score (nSPS) is 14.1. The van der Waals surface area contributed by atoms with Crippen LogP contribution in [0.2, 0.25) is 0 Å². The highest BCUT2D eigenvalue weighted by Crippen LogP contribution is 2.21. The van der Waals surface area contributed by atoms with Gasteiger partial charge in [-0.2, -0.15) is 0 Å². The molecule has 0 unspecified atom stereocenters. The Labute approximate surface area is 86.6 Å². The van der Waals surface area contributed by atoms with Crippen molar-refractivity contribution in [2.75, 3.05) is 12.3 Å². The molecule has 1 aromatic rings. The summed E-state index contributed by atoms with van der Waals surface area (Å²) >= 11 is 1.05. The Morgan fingerprint density at radius 3 is 2.79 bits per heavy atom. The first-order valence-electron chi connectivity index (χ1n) is 3.93. The molecular formula is C7H12N2O3S2. The molecule has 0 aliphatic rings. The summed E-state index contributed by atoms with van der Waals surface area (Å²) < 4.78 is 25.6. The number of aliphatic hydroxyl groups is 1.